The van der Waals surface area contributed by atoms with Crippen molar-refractivity contribution >= 4 is 10.1 Å². The SMILES string of the molecule is CCOc1ccc(OS(=O)(=O)c2cn(C)c(=O)n(C)c2=O)cc1. The molecule has 0 spiro atoms. The Morgan fingerprint density at radius 3 is 2.17 bits per heavy atom. The van der Waals surface area contributed by atoms with Crippen molar-refractivity contribution in [3.63, 3.8) is 0 Å². The highest BCUT2D eigenvalue weighted by atomic mass is 32.2. The third kappa shape index (κ3) is 3.45. The Bertz CT molecular complexity index is 925. The first-order valence-corrected chi connectivity index (χ1v) is 8.11. The molecule has 1 aromatic carbocycles. The van der Waals surface area contributed by atoms with Gasteiger partial charge in [-0.05, 0) is 31.2 Å². The maximum absolute atomic E-state index is 12.3. The predicted octanol–water partition coefficient (Wildman–Crippen LogP) is 0.250. The summed E-state index contributed by atoms with van der Waals surface area (Å²) in [7, 11) is -1.82. The van der Waals surface area contributed by atoms with Crippen molar-refractivity contribution in [3.05, 3.63) is 51.3 Å². The average molecular weight is 340 g/mol. The van der Waals surface area contributed by atoms with Gasteiger partial charge in [0.25, 0.3) is 5.56 Å². The van der Waals surface area contributed by atoms with Crippen LogP contribution in [0.2, 0.25) is 0 Å². The van der Waals surface area contributed by atoms with E-state index in [-0.39, 0.29) is 5.75 Å². The van der Waals surface area contributed by atoms with E-state index in [9.17, 15) is 18.0 Å². The molecular weight excluding hydrogens is 324 g/mol. The lowest BCUT2D eigenvalue weighted by atomic mass is 10.3. The van der Waals surface area contributed by atoms with Gasteiger partial charge in [-0.25, -0.2) is 4.79 Å². The highest BCUT2D eigenvalue weighted by molar-refractivity contribution is 7.87. The first kappa shape index (κ1) is 16.8. The van der Waals surface area contributed by atoms with E-state index in [4.69, 9.17) is 8.92 Å². The number of benzene rings is 1. The lowest BCUT2D eigenvalue weighted by molar-refractivity contribution is 0.340. The Labute approximate surface area is 132 Å². The van der Waals surface area contributed by atoms with E-state index in [1.165, 1.54) is 26.2 Å². The lowest BCUT2D eigenvalue weighted by Crippen LogP contribution is -2.39. The summed E-state index contributed by atoms with van der Waals surface area (Å²) in [6.45, 7) is 2.30. The van der Waals surface area contributed by atoms with E-state index < -0.39 is 26.3 Å². The summed E-state index contributed by atoms with van der Waals surface area (Å²) < 4.78 is 36.4. The molecule has 0 aliphatic rings. The average Bonchev–Trinajstić information content (AvgIpc) is 2.50. The van der Waals surface area contributed by atoms with Gasteiger partial charge < -0.3 is 13.5 Å². The second kappa shape index (κ2) is 6.29. The van der Waals surface area contributed by atoms with Crippen LogP contribution in [0.3, 0.4) is 0 Å². The van der Waals surface area contributed by atoms with Crippen molar-refractivity contribution in [2.45, 2.75) is 11.8 Å². The molecular formula is C14H16N2O6S. The van der Waals surface area contributed by atoms with Gasteiger partial charge in [-0.3, -0.25) is 9.36 Å². The molecule has 0 radical (unpaired) electrons. The van der Waals surface area contributed by atoms with Crippen molar-refractivity contribution in [2.24, 2.45) is 14.1 Å². The third-order valence-electron chi connectivity index (χ3n) is 3.02. The molecule has 2 rings (SSSR count). The highest BCUT2D eigenvalue weighted by Crippen LogP contribution is 2.20. The van der Waals surface area contributed by atoms with E-state index in [0.29, 0.717) is 16.9 Å². The molecule has 9 heteroatoms. The Kier molecular flexibility index (Phi) is 4.60. The molecule has 0 aliphatic heterocycles. The number of nitrogens with zero attached hydrogens (tertiary/aromatic N) is 2. The van der Waals surface area contributed by atoms with Crippen molar-refractivity contribution < 1.29 is 17.3 Å². The minimum absolute atomic E-state index is 0.0318. The summed E-state index contributed by atoms with van der Waals surface area (Å²) in [5.41, 5.74) is -1.57. The van der Waals surface area contributed by atoms with Crippen LogP contribution < -0.4 is 20.2 Å². The standard InChI is InChI=1S/C14H16N2O6S/c1-4-21-10-5-7-11(8-6-10)22-23(19,20)12-9-15(2)14(18)16(3)13(12)17/h5-9H,4H2,1-3H3. The number of hydrogen-bond donors (Lipinski definition) is 0. The molecule has 1 heterocycles. The Morgan fingerprint density at radius 1 is 1.04 bits per heavy atom. The van der Waals surface area contributed by atoms with Crippen LogP contribution in [0.1, 0.15) is 6.92 Å². The van der Waals surface area contributed by atoms with Gasteiger partial charge in [0.05, 0.1) is 6.61 Å². The van der Waals surface area contributed by atoms with Crippen LogP contribution in [0.4, 0.5) is 0 Å². The molecule has 0 N–H and O–H groups in total. The van der Waals surface area contributed by atoms with Crippen molar-refractivity contribution in [1.29, 1.82) is 0 Å². The summed E-state index contributed by atoms with van der Waals surface area (Å²) in [4.78, 5) is 23.0. The zero-order valence-electron chi connectivity index (χ0n) is 12.8. The molecule has 0 atom stereocenters. The minimum Gasteiger partial charge on any atom is -0.494 e. The third-order valence-corrected chi connectivity index (χ3v) is 4.26. The van der Waals surface area contributed by atoms with Gasteiger partial charge in [-0.2, -0.15) is 8.42 Å². The smallest absolute Gasteiger partial charge is 0.346 e. The summed E-state index contributed by atoms with van der Waals surface area (Å²) in [5, 5.41) is 0. The second-order valence-corrected chi connectivity index (χ2v) is 6.21. The summed E-state index contributed by atoms with van der Waals surface area (Å²) in [6, 6.07) is 5.92. The second-order valence-electron chi connectivity index (χ2n) is 4.69. The fraction of sp³-hybridized carbons (Fsp3) is 0.286. The Hall–Kier alpha value is -2.55. The van der Waals surface area contributed by atoms with Gasteiger partial charge >= 0.3 is 15.8 Å². The number of aryl methyl sites for hydroxylation is 1. The topological polar surface area (TPSA) is 96.6 Å². The largest absolute Gasteiger partial charge is 0.494 e. The van der Waals surface area contributed by atoms with E-state index in [0.717, 1.165) is 10.8 Å². The monoisotopic (exact) mass is 340 g/mol. The first-order chi connectivity index (χ1) is 10.8. The number of aromatic nitrogens is 2. The lowest BCUT2D eigenvalue weighted by Gasteiger charge is -2.09. The number of ether oxygens (including phenoxy) is 1. The van der Waals surface area contributed by atoms with Crippen molar-refractivity contribution in [3.8, 4) is 11.5 Å². The van der Waals surface area contributed by atoms with Crippen molar-refractivity contribution in [2.75, 3.05) is 6.61 Å². The minimum atomic E-state index is -4.36. The van der Waals surface area contributed by atoms with Gasteiger partial charge in [0.15, 0.2) is 4.90 Å². The quantitative estimate of drug-likeness (QED) is 0.724. The van der Waals surface area contributed by atoms with Crippen LogP contribution in [0.15, 0.2) is 44.9 Å². The van der Waals surface area contributed by atoms with Crippen LogP contribution in [0.25, 0.3) is 0 Å². The van der Waals surface area contributed by atoms with Gasteiger partial charge in [-0.1, -0.05) is 0 Å². The van der Waals surface area contributed by atoms with Crippen molar-refractivity contribution in [1.82, 2.24) is 9.13 Å². The summed E-state index contributed by atoms with van der Waals surface area (Å²) in [6.07, 6.45) is 0.939. The molecule has 2 aromatic rings. The first-order valence-electron chi connectivity index (χ1n) is 6.70. The van der Waals surface area contributed by atoms with E-state index >= 15 is 0 Å². The maximum Gasteiger partial charge on any atom is 0.346 e. The molecule has 0 saturated heterocycles. The summed E-state index contributed by atoms with van der Waals surface area (Å²) >= 11 is 0. The van der Waals surface area contributed by atoms with Crippen LogP contribution in [-0.2, 0) is 24.2 Å². The van der Waals surface area contributed by atoms with Gasteiger partial charge in [-0.15, -0.1) is 0 Å². The zero-order chi connectivity index (χ0) is 17.2. The van der Waals surface area contributed by atoms with Crippen LogP contribution >= 0.6 is 0 Å². The van der Waals surface area contributed by atoms with E-state index in [2.05, 4.69) is 0 Å². The molecule has 0 fully saturated rings. The normalized spacial score (nSPS) is 11.3. The molecule has 8 nitrogen and oxygen atoms in total. The molecule has 124 valence electrons. The molecule has 0 unspecified atom stereocenters. The van der Waals surface area contributed by atoms with Gasteiger partial charge in [0.1, 0.15) is 11.5 Å². The van der Waals surface area contributed by atoms with Gasteiger partial charge in [0.2, 0.25) is 0 Å². The number of rotatable bonds is 5. The fourth-order valence-electron chi connectivity index (χ4n) is 1.88. The van der Waals surface area contributed by atoms with Crippen LogP contribution in [0.5, 0.6) is 11.5 Å². The van der Waals surface area contributed by atoms with E-state index in [1.54, 1.807) is 12.1 Å². The highest BCUT2D eigenvalue weighted by Gasteiger charge is 2.23. The maximum atomic E-state index is 12.3. The molecule has 23 heavy (non-hydrogen) atoms. The molecule has 0 bridgehead atoms. The zero-order valence-corrected chi connectivity index (χ0v) is 13.7. The van der Waals surface area contributed by atoms with E-state index in [1.807, 2.05) is 6.92 Å². The molecule has 0 saturated carbocycles. The Morgan fingerprint density at radius 2 is 1.61 bits per heavy atom. The number of hydrogen-bond acceptors (Lipinski definition) is 6. The summed E-state index contributed by atoms with van der Waals surface area (Å²) in [5.74, 6) is 0.597. The van der Waals surface area contributed by atoms with Crippen LogP contribution in [0, 0.1) is 0 Å². The molecule has 1 aromatic heterocycles. The van der Waals surface area contributed by atoms with Crippen LogP contribution in [-0.4, -0.2) is 24.2 Å². The predicted molar refractivity (Wildman–Crippen MR) is 82.3 cm³/mol. The molecule has 0 aliphatic carbocycles. The Balaban J connectivity index is 2.40. The fourth-order valence-corrected chi connectivity index (χ4v) is 2.97. The molecule has 0 amide bonds. The van der Waals surface area contributed by atoms with Gasteiger partial charge in [0, 0.05) is 20.3 Å².